The monoisotopic (exact) mass is 239 g/mol. The third-order valence-electron chi connectivity index (χ3n) is 3.13. The number of rotatable bonds is 4. The molecule has 2 nitrogen and oxygen atoms in total. The summed E-state index contributed by atoms with van der Waals surface area (Å²) in [6.07, 6.45) is 5.15. The predicted molar refractivity (Wildman–Crippen MR) is 66.6 cm³/mol. The third kappa shape index (κ3) is 2.76. The molecule has 0 spiro atoms. The van der Waals surface area contributed by atoms with Gasteiger partial charge in [0.2, 0.25) is 0 Å². The maximum Gasteiger partial charge on any atom is 0.0965 e. The summed E-state index contributed by atoms with van der Waals surface area (Å²) in [5.41, 5.74) is 6.78. The van der Waals surface area contributed by atoms with E-state index < -0.39 is 0 Å². The fourth-order valence-corrected chi connectivity index (χ4v) is 2.51. The summed E-state index contributed by atoms with van der Waals surface area (Å²) in [6.45, 7) is 0.486. The molecular weight excluding hydrogens is 222 g/mol. The molecule has 0 saturated heterocycles. The van der Waals surface area contributed by atoms with E-state index in [1.54, 1.807) is 0 Å². The zero-order valence-corrected chi connectivity index (χ0v) is 10.1. The number of hydrogen-bond acceptors (Lipinski definition) is 2. The third-order valence-corrected chi connectivity index (χ3v) is 3.47. The van der Waals surface area contributed by atoms with Gasteiger partial charge in [0.1, 0.15) is 0 Å². The van der Waals surface area contributed by atoms with Crippen molar-refractivity contribution < 1.29 is 4.74 Å². The first-order valence-electron chi connectivity index (χ1n) is 5.91. The minimum absolute atomic E-state index is 0.0585. The maximum atomic E-state index is 6.15. The summed E-state index contributed by atoms with van der Waals surface area (Å²) < 4.78 is 6.02. The number of hydrogen-bond donors (Lipinski definition) is 1. The number of halogens is 1. The first-order chi connectivity index (χ1) is 7.81. The van der Waals surface area contributed by atoms with Gasteiger partial charge in [0.15, 0.2) is 0 Å². The van der Waals surface area contributed by atoms with Gasteiger partial charge in [0.05, 0.1) is 12.2 Å². The van der Waals surface area contributed by atoms with E-state index in [4.69, 9.17) is 22.1 Å². The lowest BCUT2D eigenvalue weighted by molar-refractivity contribution is -0.00431. The Morgan fingerprint density at radius 2 is 2.00 bits per heavy atom. The summed E-state index contributed by atoms with van der Waals surface area (Å²) in [5, 5.41) is 0.746. The summed E-state index contributed by atoms with van der Waals surface area (Å²) in [7, 11) is 0. The average Bonchev–Trinajstić information content (AvgIpc) is 2.80. The molecule has 1 aromatic rings. The highest BCUT2D eigenvalue weighted by Gasteiger charge is 2.21. The van der Waals surface area contributed by atoms with Crippen LogP contribution < -0.4 is 5.73 Å². The lowest BCUT2D eigenvalue weighted by Gasteiger charge is -2.21. The van der Waals surface area contributed by atoms with E-state index in [0.29, 0.717) is 12.6 Å². The molecule has 0 radical (unpaired) electrons. The number of nitrogens with two attached hydrogens (primary N) is 1. The molecule has 0 bridgehead atoms. The van der Waals surface area contributed by atoms with Gasteiger partial charge in [0, 0.05) is 17.1 Å². The predicted octanol–water partition coefficient (Wildman–Crippen LogP) is 3.30. The molecule has 0 aliphatic heterocycles. The highest BCUT2D eigenvalue weighted by atomic mass is 35.5. The van der Waals surface area contributed by atoms with Gasteiger partial charge in [-0.25, -0.2) is 0 Å². The van der Waals surface area contributed by atoms with Crippen molar-refractivity contribution in [1.29, 1.82) is 0 Å². The van der Waals surface area contributed by atoms with Crippen LogP contribution in [0.15, 0.2) is 24.3 Å². The summed E-state index contributed by atoms with van der Waals surface area (Å²) >= 11 is 6.15. The molecule has 1 fully saturated rings. The van der Waals surface area contributed by atoms with Gasteiger partial charge < -0.3 is 10.5 Å². The second-order valence-electron chi connectivity index (χ2n) is 4.29. The van der Waals surface area contributed by atoms with E-state index in [1.807, 2.05) is 24.3 Å². The van der Waals surface area contributed by atoms with Gasteiger partial charge in [-0.3, -0.25) is 0 Å². The van der Waals surface area contributed by atoms with Crippen molar-refractivity contribution in [2.24, 2.45) is 5.73 Å². The second kappa shape index (κ2) is 5.67. The molecule has 1 aliphatic rings. The van der Waals surface area contributed by atoms with Crippen molar-refractivity contribution in [1.82, 2.24) is 0 Å². The van der Waals surface area contributed by atoms with E-state index in [0.717, 1.165) is 23.4 Å². The highest BCUT2D eigenvalue weighted by molar-refractivity contribution is 6.31. The van der Waals surface area contributed by atoms with Crippen LogP contribution in [0.4, 0.5) is 0 Å². The minimum atomic E-state index is -0.0585. The van der Waals surface area contributed by atoms with Crippen LogP contribution in [0.3, 0.4) is 0 Å². The first kappa shape index (κ1) is 11.9. The average molecular weight is 240 g/mol. The van der Waals surface area contributed by atoms with Crippen molar-refractivity contribution in [2.75, 3.05) is 6.54 Å². The van der Waals surface area contributed by atoms with E-state index in [9.17, 15) is 0 Å². The molecule has 1 saturated carbocycles. The number of benzene rings is 1. The van der Waals surface area contributed by atoms with E-state index in [2.05, 4.69) is 0 Å². The van der Waals surface area contributed by atoms with Crippen molar-refractivity contribution in [2.45, 2.75) is 37.9 Å². The molecule has 3 heteroatoms. The maximum absolute atomic E-state index is 6.15. The molecule has 1 atom stereocenters. The molecular formula is C13H18ClNO. The fourth-order valence-electron chi connectivity index (χ4n) is 2.25. The van der Waals surface area contributed by atoms with Gasteiger partial charge in [-0.05, 0) is 18.9 Å². The SMILES string of the molecule is NCC(OC1CCCC1)c1ccccc1Cl. The smallest absolute Gasteiger partial charge is 0.0965 e. The van der Waals surface area contributed by atoms with Crippen LogP contribution >= 0.6 is 11.6 Å². The quantitative estimate of drug-likeness (QED) is 0.875. The van der Waals surface area contributed by atoms with Crippen molar-refractivity contribution in [3.8, 4) is 0 Å². The van der Waals surface area contributed by atoms with Crippen molar-refractivity contribution >= 4 is 11.6 Å². The van der Waals surface area contributed by atoms with E-state index in [-0.39, 0.29) is 6.10 Å². The van der Waals surface area contributed by atoms with Crippen molar-refractivity contribution in [3.63, 3.8) is 0 Å². The number of ether oxygens (including phenoxy) is 1. The van der Waals surface area contributed by atoms with Crippen LogP contribution in [0.5, 0.6) is 0 Å². The Kier molecular flexibility index (Phi) is 4.22. The zero-order valence-electron chi connectivity index (χ0n) is 9.36. The fraction of sp³-hybridized carbons (Fsp3) is 0.538. The summed E-state index contributed by atoms with van der Waals surface area (Å²) in [5.74, 6) is 0. The largest absolute Gasteiger partial charge is 0.369 e. The standard InChI is InChI=1S/C13H18ClNO/c14-12-8-4-3-7-11(12)13(9-15)16-10-5-1-2-6-10/h3-4,7-8,10,13H,1-2,5-6,9,15H2. The molecule has 2 N–H and O–H groups in total. The van der Waals surface area contributed by atoms with Crippen LogP contribution in [0.25, 0.3) is 0 Å². The Labute approximate surface area is 102 Å². The Morgan fingerprint density at radius 1 is 1.31 bits per heavy atom. The van der Waals surface area contributed by atoms with Gasteiger partial charge in [-0.2, -0.15) is 0 Å². The zero-order chi connectivity index (χ0) is 11.4. The van der Waals surface area contributed by atoms with Crippen LogP contribution in [-0.2, 0) is 4.74 Å². The van der Waals surface area contributed by atoms with Crippen LogP contribution in [0.1, 0.15) is 37.4 Å². The molecule has 0 heterocycles. The molecule has 0 amide bonds. The second-order valence-corrected chi connectivity index (χ2v) is 4.70. The molecule has 1 aromatic carbocycles. The Hall–Kier alpha value is -0.570. The molecule has 0 aromatic heterocycles. The van der Waals surface area contributed by atoms with Crippen LogP contribution in [0, 0.1) is 0 Å². The van der Waals surface area contributed by atoms with E-state index in [1.165, 1.54) is 12.8 Å². The van der Waals surface area contributed by atoms with Gasteiger partial charge in [0.25, 0.3) is 0 Å². The molecule has 16 heavy (non-hydrogen) atoms. The Bertz CT molecular complexity index is 336. The van der Waals surface area contributed by atoms with Gasteiger partial charge in [-0.15, -0.1) is 0 Å². The minimum Gasteiger partial charge on any atom is -0.369 e. The first-order valence-corrected chi connectivity index (χ1v) is 6.29. The van der Waals surface area contributed by atoms with Crippen LogP contribution in [-0.4, -0.2) is 12.6 Å². The molecule has 2 rings (SSSR count). The highest BCUT2D eigenvalue weighted by Crippen LogP contribution is 2.30. The summed E-state index contributed by atoms with van der Waals surface area (Å²) in [6, 6.07) is 7.78. The van der Waals surface area contributed by atoms with Crippen LogP contribution in [0.2, 0.25) is 5.02 Å². The molecule has 88 valence electrons. The normalized spacial score (nSPS) is 18.9. The lowest BCUT2D eigenvalue weighted by atomic mass is 10.1. The molecule has 1 unspecified atom stereocenters. The summed E-state index contributed by atoms with van der Waals surface area (Å²) in [4.78, 5) is 0. The van der Waals surface area contributed by atoms with Crippen molar-refractivity contribution in [3.05, 3.63) is 34.9 Å². The lowest BCUT2D eigenvalue weighted by Crippen LogP contribution is -2.21. The van der Waals surface area contributed by atoms with Gasteiger partial charge >= 0.3 is 0 Å². The van der Waals surface area contributed by atoms with Gasteiger partial charge in [-0.1, -0.05) is 42.6 Å². The molecule has 1 aliphatic carbocycles. The topological polar surface area (TPSA) is 35.2 Å². The Morgan fingerprint density at radius 3 is 2.62 bits per heavy atom. The van der Waals surface area contributed by atoms with E-state index >= 15 is 0 Å². The Balaban J connectivity index is 2.06.